The molecule has 0 radical (unpaired) electrons. The molecule has 1 aliphatic rings. The van der Waals surface area contributed by atoms with Crippen LogP contribution in [0.1, 0.15) is 19.8 Å². The highest BCUT2D eigenvalue weighted by atomic mass is 19.1. The minimum absolute atomic E-state index is 0.0925. The van der Waals surface area contributed by atoms with Gasteiger partial charge in [-0.3, -0.25) is 4.79 Å². The number of nitrogens with one attached hydrogen (secondary N) is 2. The highest BCUT2D eigenvalue weighted by Gasteiger charge is 2.15. The van der Waals surface area contributed by atoms with Crippen molar-refractivity contribution in [1.29, 1.82) is 0 Å². The molecule has 1 saturated heterocycles. The molecule has 0 unspecified atom stereocenters. The Morgan fingerprint density at radius 3 is 2.52 bits per heavy atom. The molecule has 3 rings (SSSR count). The van der Waals surface area contributed by atoms with Crippen molar-refractivity contribution in [2.45, 2.75) is 19.8 Å². The van der Waals surface area contributed by atoms with Crippen molar-refractivity contribution >= 4 is 23.0 Å². The number of piperidine rings is 1. The Bertz CT molecular complexity index is 709. The third-order valence-electron chi connectivity index (χ3n) is 4.58. The summed E-state index contributed by atoms with van der Waals surface area (Å²) in [6.45, 7) is 4.57. The Hall–Kier alpha value is -2.56. The molecule has 0 bridgehead atoms. The average molecular weight is 341 g/mol. The number of carbonyl (C=O) groups is 1. The summed E-state index contributed by atoms with van der Waals surface area (Å²) < 4.78 is 13.1. The Kier molecular flexibility index (Phi) is 5.53. The fraction of sp³-hybridized carbons (Fsp3) is 0.350. The molecule has 1 fully saturated rings. The van der Waals surface area contributed by atoms with Crippen LogP contribution in [0, 0.1) is 11.7 Å². The van der Waals surface area contributed by atoms with Gasteiger partial charge in [-0.25, -0.2) is 4.39 Å². The van der Waals surface area contributed by atoms with Gasteiger partial charge in [-0.05, 0) is 61.2 Å². The first-order valence-corrected chi connectivity index (χ1v) is 8.74. The molecule has 0 aromatic heterocycles. The third kappa shape index (κ3) is 4.95. The topological polar surface area (TPSA) is 44.4 Å². The second kappa shape index (κ2) is 8.01. The van der Waals surface area contributed by atoms with E-state index in [-0.39, 0.29) is 18.3 Å². The quantitative estimate of drug-likeness (QED) is 0.860. The summed E-state index contributed by atoms with van der Waals surface area (Å²) in [7, 11) is 0. The van der Waals surface area contributed by atoms with Crippen molar-refractivity contribution < 1.29 is 9.18 Å². The Balaban J connectivity index is 1.50. The van der Waals surface area contributed by atoms with Gasteiger partial charge in [0, 0.05) is 30.2 Å². The molecule has 4 nitrogen and oxygen atoms in total. The van der Waals surface area contributed by atoms with Gasteiger partial charge in [0.2, 0.25) is 5.91 Å². The largest absolute Gasteiger partial charge is 0.376 e. The zero-order valence-electron chi connectivity index (χ0n) is 14.5. The monoisotopic (exact) mass is 341 g/mol. The summed E-state index contributed by atoms with van der Waals surface area (Å²) in [5.41, 5.74) is 2.55. The van der Waals surface area contributed by atoms with Gasteiger partial charge in [-0.1, -0.05) is 13.0 Å². The normalized spacial score (nSPS) is 15.0. The van der Waals surface area contributed by atoms with Gasteiger partial charge in [0.05, 0.1) is 6.54 Å². The molecule has 2 aromatic carbocycles. The Morgan fingerprint density at radius 2 is 1.84 bits per heavy atom. The lowest BCUT2D eigenvalue weighted by molar-refractivity contribution is -0.114. The first-order chi connectivity index (χ1) is 12.1. The molecule has 1 heterocycles. The van der Waals surface area contributed by atoms with Crippen LogP contribution in [-0.2, 0) is 4.79 Å². The van der Waals surface area contributed by atoms with E-state index in [0.29, 0.717) is 5.69 Å². The summed E-state index contributed by atoms with van der Waals surface area (Å²) in [5, 5.41) is 5.76. The van der Waals surface area contributed by atoms with E-state index in [4.69, 9.17) is 0 Å². The van der Waals surface area contributed by atoms with Gasteiger partial charge in [-0.2, -0.15) is 0 Å². The summed E-state index contributed by atoms with van der Waals surface area (Å²) in [6, 6.07) is 14.0. The molecule has 5 heteroatoms. The number of rotatable bonds is 5. The fourth-order valence-corrected chi connectivity index (χ4v) is 3.01. The first-order valence-electron chi connectivity index (χ1n) is 8.74. The smallest absolute Gasteiger partial charge is 0.243 e. The highest BCUT2D eigenvalue weighted by Crippen LogP contribution is 2.24. The van der Waals surface area contributed by atoms with Gasteiger partial charge in [0.15, 0.2) is 0 Å². The predicted octanol–water partition coefficient (Wildman–Crippen LogP) is 4.11. The van der Waals surface area contributed by atoms with Crippen molar-refractivity contribution in [2.24, 2.45) is 5.92 Å². The highest BCUT2D eigenvalue weighted by molar-refractivity contribution is 5.93. The maximum absolute atomic E-state index is 13.1. The minimum Gasteiger partial charge on any atom is -0.376 e. The molecular weight excluding hydrogens is 317 g/mol. The maximum atomic E-state index is 13.1. The summed E-state index contributed by atoms with van der Waals surface area (Å²) in [6.07, 6.45) is 2.45. The number of benzene rings is 2. The van der Waals surface area contributed by atoms with Crippen LogP contribution in [0.2, 0.25) is 0 Å². The van der Waals surface area contributed by atoms with Crippen LogP contribution in [-0.4, -0.2) is 25.5 Å². The van der Waals surface area contributed by atoms with Gasteiger partial charge >= 0.3 is 0 Å². The summed E-state index contributed by atoms with van der Waals surface area (Å²) in [4.78, 5) is 14.4. The number of nitrogens with zero attached hydrogens (tertiary/aromatic N) is 1. The van der Waals surface area contributed by atoms with Crippen molar-refractivity contribution in [3.8, 4) is 0 Å². The van der Waals surface area contributed by atoms with Crippen LogP contribution in [0.3, 0.4) is 0 Å². The van der Waals surface area contributed by atoms with E-state index >= 15 is 0 Å². The molecule has 1 amide bonds. The average Bonchev–Trinajstić information content (AvgIpc) is 2.62. The summed E-state index contributed by atoms with van der Waals surface area (Å²) >= 11 is 0. The third-order valence-corrected chi connectivity index (χ3v) is 4.58. The van der Waals surface area contributed by atoms with Gasteiger partial charge in [0.25, 0.3) is 0 Å². The molecule has 2 N–H and O–H groups in total. The lowest BCUT2D eigenvalue weighted by Gasteiger charge is -2.32. The second-order valence-electron chi connectivity index (χ2n) is 6.63. The first kappa shape index (κ1) is 17.3. The summed E-state index contributed by atoms with van der Waals surface area (Å²) in [5.74, 6) is 0.317. The number of hydrogen-bond acceptors (Lipinski definition) is 3. The van der Waals surface area contributed by atoms with E-state index < -0.39 is 0 Å². The van der Waals surface area contributed by atoms with Crippen molar-refractivity contribution in [3.05, 3.63) is 54.3 Å². The van der Waals surface area contributed by atoms with E-state index in [1.165, 1.54) is 30.7 Å². The molecule has 1 aliphatic heterocycles. The van der Waals surface area contributed by atoms with Crippen molar-refractivity contribution in [1.82, 2.24) is 0 Å². The van der Waals surface area contributed by atoms with Crippen molar-refractivity contribution in [2.75, 3.05) is 35.2 Å². The van der Waals surface area contributed by atoms with E-state index in [1.54, 1.807) is 12.1 Å². The Morgan fingerprint density at radius 1 is 1.12 bits per heavy atom. The number of halogens is 1. The zero-order valence-corrected chi connectivity index (χ0v) is 14.5. The molecule has 0 saturated carbocycles. The van der Waals surface area contributed by atoms with E-state index in [0.717, 1.165) is 24.7 Å². The second-order valence-corrected chi connectivity index (χ2v) is 6.63. The van der Waals surface area contributed by atoms with Gasteiger partial charge in [-0.15, -0.1) is 0 Å². The van der Waals surface area contributed by atoms with Crippen LogP contribution in [0.4, 0.5) is 21.5 Å². The lowest BCUT2D eigenvalue weighted by atomic mass is 9.99. The SMILES string of the molecule is CC1CCN(c2ccc(NC(=O)CNc3cccc(F)c3)cc2)CC1. The maximum Gasteiger partial charge on any atom is 0.243 e. The van der Waals surface area contributed by atoms with Crippen LogP contribution in [0.25, 0.3) is 0 Å². The van der Waals surface area contributed by atoms with E-state index in [1.807, 2.05) is 24.3 Å². The van der Waals surface area contributed by atoms with Gasteiger partial charge < -0.3 is 15.5 Å². The van der Waals surface area contributed by atoms with Crippen LogP contribution in [0.5, 0.6) is 0 Å². The van der Waals surface area contributed by atoms with Crippen LogP contribution in [0.15, 0.2) is 48.5 Å². The number of anilines is 3. The zero-order chi connectivity index (χ0) is 17.6. The number of hydrogen-bond donors (Lipinski definition) is 2. The number of amides is 1. The molecule has 0 atom stereocenters. The van der Waals surface area contributed by atoms with Crippen molar-refractivity contribution in [3.63, 3.8) is 0 Å². The van der Waals surface area contributed by atoms with Crippen LogP contribution >= 0.6 is 0 Å². The number of carbonyl (C=O) groups excluding carboxylic acids is 1. The van der Waals surface area contributed by atoms with E-state index in [2.05, 4.69) is 22.5 Å². The lowest BCUT2D eigenvalue weighted by Crippen LogP contribution is -2.32. The fourth-order valence-electron chi connectivity index (χ4n) is 3.01. The molecule has 0 aliphatic carbocycles. The minimum atomic E-state index is -0.326. The van der Waals surface area contributed by atoms with Crippen LogP contribution < -0.4 is 15.5 Å². The standard InChI is InChI=1S/C20H24FN3O/c1-15-9-11-24(12-10-15)19-7-5-17(6-8-19)23-20(25)14-22-18-4-2-3-16(21)13-18/h2-8,13,15,22H,9-12,14H2,1H3,(H,23,25). The molecule has 132 valence electrons. The molecule has 0 spiro atoms. The Labute approximate surface area is 148 Å². The molecule has 2 aromatic rings. The molecular formula is C20H24FN3O. The molecule has 25 heavy (non-hydrogen) atoms. The van der Waals surface area contributed by atoms with Gasteiger partial charge in [0.1, 0.15) is 5.82 Å². The predicted molar refractivity (Wildman–Crippen MR) is 101 cm³/mol. The van der Waals surface area contributed by atoms with E-state index in [9.17, 15) is 9.18 Å².